The van der Waals surface area contributed by atoms with Gasteiger partial charge in [-0.1, -0.05) is 46.8 Å². The van der Waals surface area contributed by atoms with E-state index in [0.717, 1.165) is 44.8 Å². The highest BCUT2D eigenvalue weighted by atomic mass is 16.6. The Morgan fingerprint density at radius 2 is 1.58 bits per heavy atom. The van der Waals surface area contributed by atoms with Crippen molar-refractivity contribution in [3.8, 4) is 28.6 Å². The summed E-state index contributed by atoms with van der Waals surface area (Å²) in [5.41, 5.74) is 2.35. The highest BCUT2D eigenvalue weighted by molar-refractivity contribution is 5.76. The van der Waals surface area contributed by atoms with Crippen LogP contribution in [0.5, 0.6) is 11.5 Å². The average Bonchev–Trinajstić information content (AvgIpc) is 3.42. The van der Waals surface area contributed by atoms with Crippen LogP contribution >= 0.6 is 0 Å². The summed E-state index contributed by atoms with van der Waals surface area (Å²) in [6.07, 6.45) is 0.627. The molecule has 1 fully saturated rings. The van der Waals surface area contributed by atoms with E-state index < -0.39 is 5.60 Å². The van der Waals surface area contributed by atoms with E-state index in [2.05, 4.69) is 32.2 Å². The van der Waals surface area contributed by atoms with E-state index in [1.165, 1.54) is 6.07 Å². The minimum atomic E-state index is -0.480. The van der Waals surface area contributed by atoms with Gasteiger partial charge < -0.3 is 20.3 Å². The third kappa shape index (κ3) is 10.9. The molecule has 1 aliphatic heterocycles. The molecule has 0 radical (unpaired) electrons. The van der Waals surface area contributed by atoms with Crippen molar-refractivity contribution in [2.45, 2.75) is 73.5 Å². The van der Waals surface area contributed by atoms with Gasteiger partial charge in [0.15, 0.2) is 12.1 Å². The molecule has 11 nitrogen and oxygen atoms in total. The van der Waals surface area contributed by atoms with Crippen molar-refractivity contribution in [2.24, 2.45) is 0 Å². The topological polar surface area (TPSA) is 133 Å². The minimum absolute atomic E-state index is 0.00273. The number of esters is 1. The van der Waals surface area contributed by atoms with Gasteiger partial charge in [0.2, 0.25) is 5.82 Å². The maximum Gasteiger partial charge on any atom is 0.320 e. The minimum Gasteiger partial charge on any atom is -0.508 e. The van der Waals surface area contributed by atoms with Crippen LogP contribution in [0.3, 0.4) is 0 Å². The van der Waals surface area contributed by atoms with Gasteiger partial charge in [-0.05, 0) is 69.6 Å². The Labute approximate surface area is 268 Å². The van der Waals surface area contributed by atoms with E-state index in [-0.39, 0.29) is 29.2 Å². The fourth-order valence-corrected chi connectivity index (χ4v) is 4.71. The highest BCUT2D eigenvalue weighted by Crippen LogP contribution is 2.38. The number of hydrogen-bond acceptors (Lipinski definition) is 10. The van der Waals surface area contributed by atoms with Crippen molar-refractivity contribution >= 4 is 12.3 Å². The molecule has 0 unspecified atom stereocenters. The van der Waals surface area contributed by atoms with Gasteiger partial charge in [0.25, 0.3) is 0 Å². The van der Waals surface area contributed by atoms with Crippen LogP contribution in [0.1, 0.15) is 83.1 Å². The summed E-state index contributed by atoms with van der Waals surface area (Å²) >= 11 is 0. The van der Waals surface area contributed by atoms with Gasteiger partial charge in [0.1, 0.15) is 17.1 Å². The molecule has 0 spiro atoms. The number of carbonyl (C=O) groups excluding carboxylic acids is 2. The van der Waals surface area contributed by atoms with Crippen molar-refractivity contribution in [3.05, 3.63) is 53.3 Å². The Hall–Kier alpha value is -3.80. The zero-order chi connectivity index (χ0) is 33.7. The van der Waals surface area contributed by atoms with E-state index in [9.17, 15) is 19.8 Å². The summed E-state index contributed by atoms with van der Waals surface area (Å²) in [4.78, 5) is 28.4. The predicted octanol–water partition coefficient (Wildman–Crippen LogP) is 4.99. The first kappa shape index (κ1) is 37.4. The lowest BCUT2D eigenvalue weighted by Gasteiger charge is -2.34. The van der Waals surface area contributed by atoms with Crippen LogP contribution in [-0.4, -0.2) is 99.0 Å². The third-order valence-corrected chi connectivity index (χ3v) is 6.99. The summed E-state index contributed by atoms with van der Waals surface area (Å²) in [6.45, 7) is 21.0. The number of nitrogens with zero attached hydrogens (tertiary/aromatic N) is 5. The fraction of sp³-hybridized carbons (Fsp3) is 0.529. The number of ether oxygens (including phenoxy) is 1. The second-order valence-electron chi connectivity index (χ2n) is 11.9. The molecule has 4 rings (SSSR count). The average molecular weight is 625 g/mol. The second-order valence-corrected chi connectivity index (χ2v) is 11.9. The van der Waals surface area contributed by atoms with Crippen LogP contribution in [0.4, 0.5) is 0 Å². The van der Waals surface area contributed by atoms with Gasteiger partial charge in [0.05, 0.1) is 12.1 Å². The molecule has 3 aromatic rings. The summed E-state index contributed by atoms with van der Waals surface area (Å²) in [5, 5.41) is 32.0. The first-order valence-electron chi connectivity index (χ1n) is 15.7. The number of hydrogen-bond donors (Lipinski definition) is 3. The fourth-order valence-electron chi connectivity index (χ4n) is 4.71. The molecule has 1 aliphatic rings. The van der Waals surface area contributed by atoms with Crippen LogP contribution in [0.2, 0.25) is 0 Å². The highest BCUT2D eigenvalue weighted by Gasteiger charge is 2.23. The number of phenolic OH excluding ortho intramolecular Hbond substituents is 2. The number of benzene rings is 2. The Morgan fingerprint density at radius 1 is 1.00 bits per heavy atom. The maximum absolute atomic E-state index is 12.1. The van der Waals surface area contributed by atoms with Gasteiger partial charge in [0, 0.05) is 44.5 Å². The molecule has 0 atom stereocenters. The van der Waals surface area contributed by atoms with Crippen LogP contribution in [-0.2, 0) is 16.1 Å². The molecule has 2 aromatic carbocycles. The maximum atomic E-state index is 12.1. The number of piperazine rings is 1. The van der Waals surface area contributed by atoms with Crippen molar-refractivity contribution in [1.82, 2.24) is 29.9 Å². The van der Waals surface area contributed by atoms with Gasteiger partial charge in [-0.25, -0.2) is 0 Å². The van der Waals surface area contributed by atoms with E-state index in [1.54, 1.807) is 10.6 Å². The molecule has 11 heteroatoms. The van der Waals surface area contributed by atoms with E-state index in [0.29, 0.717) is 35.5 Å². The molecule has 248 valence electrons. The van der Waals surface area contributed by atoms with Crippen LogP contribution in [0, 0.1) is 0 Å². The van der Waals surface area contributed by atoms with Gasteiger partial charge in [-0.2, -0.15) is 0 Å². The van der Waals surface area contributed by atoms with E-state index >= 15 is 0 Å². The van der Waals surface area contributed by atoms with Gasteiger partial charge >= 0.3 is 5.97 Å². The number of nitrogens with one attached hydrogen (secondary N) is 1. The number of aldehydes is 1. The molecule has 1 saturated heterocycles. The largest absolute Gasteiger partial charge is 0.508 e. The number of carbonyl (C=O) groups is 2. The van der Waals surface area contributed by atoms with Crippen LogP contribution in [0.15, 0.2) is 36.4 Å². The Kier molecular flexibility index (Phi) is 14.6. The number of phenols is 2. The molecule has 0 aliphatic carbocycles. The van der Waals surface area contributed by atoms with E-state index in [1.807, 2.05) is 79.8 Å². The SMILES string of the molecule is CC.CC(C)c1cc(-c2nnc(C=O)n2-c2ccc(CN3CCN(CC(=O)OC(C)(C)C)CC3)cc2)c(O)cc1O.CCNC. The predicted molar refractivity (Wildman–Crippen MR) is 178 cm³/mol. The van der Waals surface area contributed by atoms with Crippen molar-refractivity contribution in [3.63, 3.8) is 0 Å². The smallest absolute Gasteiger partial charge is 0.320 e. The monoisotopic (exact) mass is 624 g/mol. The Bertz CT molecular complexity index is 1350. The lowest BCUT2D eigenvalue weighted by molar-refractivity contribution is -0.156. The van der Waals surface area contributed by atoms with Gasteiger partial charge in [-0.15, -0.1) is 10.2 Å². The number of aromatic nitrogens is 3. The molecule has 1 aromatic heterocycles. The molecule has 2 heterocycles. The van der Waals surface area contributed by atoms with Crippen molar-refractivity contribution in [1.29, 1.82) is 0 Å². The quantitative estimate of drug-likeness (QED) is 0.221. The molecule has 0 saturated carbocycles. The summed E-state index contributed by atoms with van der Waals surface area (Å²) in [6, 6.07) is 10.8. The number of rotatable bonds is 9. The Morgan fingerprint density at radius 3 is 2.09 bits per heavy atom. The third-order valence-electron chi connectivity index (χ3n) is 6.99. The molecular formula is C34H52N6O5. The first-order valence-corrected chi connectivity index (χ1v) is 15.7. The molecule has 45 heavy (non-hydrogen) atoms. The van der Waals surface area contributed by atoms with Crippen molar-refractivity contribution in [2.75, 3.05) is 46.3 Å². The van der Waals surface area contributed by atoms with E-state index in [4.69, 9.17) is 4.74 Å². The molecule has 0 bridgehead atoms. The first-order chi connectivity index (χ1) is 21.4. The summed E-state index contributed by atoms with van der Waals surface area (Å²) < 4.78 is 7.03. The summed E-state index contributed by atoms with van der Waals surface area (Å²) in [7, 11) is 1.93. The van der Waals surface area contributed by atoms with Crippen LogP contribution < -0.4 is 5.32 Å². The normalized spacial score (nSPS) is 13.8. The number of aromatic hydroxyl groups is 2. The van der Waals surface area contributed by atoms with Crippen LogP contribution in [0.25, 0.3) is 17.1 Å². The molecule has 3 N–H and O–H groups in total. The zero-order valence-electron chi connectivity index (χ0n) is 28.4. The molecule has 0 amide bonds. The molecular weight excluding hydrogens is 572 g/mol. The van der Waals surface area contributed by atoms with Crippen molar-refractivity contribution < 1.29 is 24.5 Å². The standard InChI is InChI=1S/C29H37N5O5.C3H9N.C2H6/c1-19(2)22-14-23(25(37)15-24(22)36)28-31-30-26(18-35)34(28)21-8-6-20(7-9-21)16-32-10-12-33(13-11-32)17-27(38)39-29(3,4)5;1-3-4-2;1-2/h6-9,14-15,18-19,36-37H,10-13,16-17H2,1-5H3;4H,3H2,1-2H3;1-2H3. The Balaban J connectivity index is 0.00000109. The lowest BCUT2D eigenvalue weighted by Crippen LogP contribution is -2.48. The second kappa shape index (κ2) is 17.6. The zero-order valence-corrected chi connectivity index (χ0v) is 28.4. The van der Waals surface area contributed by atoms with Gasteiger partial charge in [-0.3, -0.25) is 24.0 Å². The lowest BCUT2D eigenvalue weighted by atomic mass is 9.98. The summed E-state index contributed by atoms with van der Waals surface area (Å²) in [5.74, 6) is 0.0940.